The zero-order valence-electron chi connectivity index (χ0n) is 12.6. The molecule has 1 unspecified atom stereocenters. The van der Waals surface area contributed by atoms with E-state index in [4.69, 9.17) is 0 Å². The van der Waals surface area contributed by atoms with Crippen LogP contribution < -0.4 is 5.32 Å². The maximum Gasteiger partial charge on any atom is 0.126 e. The Labute approximate surface area is 132 Å². The van der Waals surface area contributed by atoms with Gasteiger partial charge in [-0.2, -0.15) is 0 Å². The molecule has 0 aromatic heterocycles. The van der Waals surface area contributed by atoms with Crippen LogP contribution in [0.3, 0.4) is 0 Å². The Bertz CT molecular complexity index is 455. The van der Waals surface area contributed by atoms with Gasteiger partial charge in [-0.25, -0.2) is 4.39 Å². The van der Waals surface area contributed by atoms with Gasteiger partial charge in [-0.3, -0.25) is 9.80 Å². The third-order valence-electron chi connectivity index (χ3n) is 4.59. The van der Waals surface area contributed by atoms with Gasteiger partial charge in [-0.1, -0.05) is 12.1 Å². The predicted octanol–water partition coefficient (Wildman–Crippen LogP) is 2.04. The summed E-state index contributed by atoms with van der Waals surface area (Å²) in [5.74, 6) is -0.104. The van der Waals surface area contributed by atoms with Crippen LogP contribution in [0.2, 0.25) is 0 Å². The quantitative estimate of drug-likeness (QED) is 0.921. The molecule has 1 aromatic rings. The lowest BCUT2D eigenvalue weighted by atomic mass is 10.1. The number of rotatable bonds is 3. The minimum Gasteiger partial charge on any atom is -0.315 e. The first-order valence-corrected chi connectivity index (χ1v) is 7.64. The molecule has 21 heavy (non-hydrogen) atoms. The highest BCUT2D eigenvalue weighted by Gasteiger charge is 2.25. The standard InChI is InChI=1S/C16H24FN3.ClH/c1-13-10-14(2-3-16(13)17)12-19-6-8-20(9-7-19)15-4-5-18-11-15;/h2-3,10,15,18H,4-9,11-12H2,1H3;1H. The molecule has 3 nitrogen and oxygen atoms in total. The van der Waals surface area contributed by atoms with Crippen LogP contribution in [0.5, 0.6) is 0 Å². The van der Waals surface area contributed by atoms with Crippen LogP contribution in [0.4, 0.5) is 4.39 Å². The van der Waals surface area contributed by atoms with E-state index in [-0.39, 0.29) is 18.2 Å². The van der Waals surface area contributed by atoms with E-state index in [9.17, 15) is 4.39 Å². The summed E-state index contributed by atoms with van der Waals surface area (Å²) in [6, 6.07) is 6.22. The second kappa shape index (κ2) is 7.54. The number of nitrogens with one attached hydrogen (secondary N) is 1. The number of hydrogen-bond donors (Lipinski definition) is 1. The molecule has 1 atom stereocenters. The van der Waals surface area contributed by atoms with Crippen molar-refractivity contribution < 1.29 is 4.39 Å². The second-order valence-corrected chi connectivity index (χ2v) is 6.04. The topological polar surface area (TPSA) is 18.5 Å². The van der Waals surface area contributed by atoms with Crippen molar-refractivity contribution in [3.63, 3.8) is 0 Å². The Hall–Kier alpha value is -0.680. The van der Waals surface area contributed by atoms with Gasteiger partial charge >= 0.3 is 0 Å². The number of piperazine rings is 1. The van der Waals surface area contributed by atoms with Gasteiger partial charge in [0, 0.05) is 45.3 Å². The minimum absolute atomic E-state index is 0. The maximum atomic E-state index is 13.3. The lowest BCUT2D eigenvalue weighted by Crippen LogP contribution is -2.50. The fourth-order valence-corrected chi connectivity index (χ4v) is 3.30. The summed E-state index contributed by atoms with van der Waals surface area (Å²) in [5, 5.41) is 3.44. The third kappa shape index (κ3) is 4.16. The Morgan fingerprint density at radius 1 is 1.24 bits per heavy atom. The van der Waals surface area contributed by atoms with E-state index in [0.717, 1.165) is 50.9 Å². The van der Waals surface area contributed by atoms with E-state index >= 15 is 0 Å². The van der Waals surface area contributed by atoms with Gasteiger partial charge in [0.25, 0.3) is 0 Å². The largest absolute Gasteiger partial charge is 0.315 e. The average Bonchev–Trinajstić information content (AvgIpc) is 2.98. The lowest BCUT2D eigenvalue weighted by molar-refractivity contribution is 0.0981. The summed E-state index contributed by atoms with van der Waals surface area (Å²) in [7, 11) is 0. The van der Waals surface area contributed by atoms with Crippen molar-refractivity contribution in [1.29, 1.82) is 0 Å². The molecule has 2 aliphatic heterocycles. The molecule has 2 fully saturated rings. The van der Waals surface area contributed by atoms with Gasteiger partial charge in [0.05, 0.1) is 0 Å². The second-order valence-electron chi connectivity index (χ2n) is 6.04. The fourth-order valence-electron chi connectivity index (χ4n) is 3.30. The number of aryl methyl sites for hydroxylation is 1. The lowest BCUT2D eigenvalue weighted by Gasteiger charge is -2.37. The number of benzene rings is 1. The van der Waals surface area contributed by atoms with Crippen LogP contribution in [0.1, 0.15) is 17.5 Å². The van der Waals surface area contributed by atoms with Crippen molar-refractivity contribution in [3.05, 3.63) is 35.1 Å². The van der Waals surface area contributed by atoms with Crippen molar-refractivity contribution in [2.24, 2.45) is 0 Å². The highest BCUT2D eigenvalue weighted by Crippen LogP contribution is 2.15. The maximum absolute atomic E-state index is 13.3. The van der Waals surface area contributed by atoms with Crippen LogP contribution in [0, 0.1) is 12.7 Å². The van der Waals surface area contributed by atoms with Crippen molar-refractivity contribution in [3.8, 4) is 0 Å². The average molecular weight is 314 g/mol. The summed E-state index contributed by atoms with van der Waals surface area (Å²) in [4.78, 5) is 5.10. The smallest absolute Gasteiger partial charge is 0.126 e. The van der Waals surface area contributed by atoms with Crippen LogP contribution in [0.25, 0.3) is 0 Å². The van der Waals surface area contributed by atoms with E-state index in [0.29, 0.717) is 0 Å². The van der Waals surface area contributed by atoms with Crippen molar-refractivity contribution >= 4 is 12.4 Å². The molecule has 2 heterocycles. The van der Waals surface area contributed by atoms with E-state index in [1.165, 1.54) is 18.5 Å². The molecule has 0 spiro atoms. The Balaban J connectivity index is 0.00000161. The summed E-state index contributed by atoms with van der Waals surface area (Å²) < 4.78 is 13.3. The van der Waals surface area contributed by atoms with Crippen LogP contribution in [0.15, 0.2) is 18.2 Å². The molecule has 0 aliphatic carbocycles. The van der Waals surface area contributed by atoms with Crippen LogP contribution in [-0.4, -0.2) is 55.1 Å². The number of halogens is 2. The predicted molar refractivity (Wildman–Crippen MR) is 86.5 cm³/mol. The van der Waals surface area contributed by atoms with Gasteiger partial charge in [0.2, 0.25) is 0 Å². The molecule has 1 N–H and O–H groups in total. The van der Waals surface area contributed by atoms with Crippen LogP contribution in [-0.2, 0) is 6.54 Å². The number of hydrogen-bond acceptors (Lipinski definition) is 3. The Morgan fingerprint density at radius 2 is 2.00 bits per heavy atom. The summed E-state index contributed by atoms with van der Waals surface area (Å²) >= 11 is 0. The molecule has 1 aromatic carbocycles. The zero-order chi connectivity index (χ0) is 13.9. The van der Waals surface area contributed by atoms with E-state index in [1.807, 2.05) is 19.1 Å². The Morgan fingerprint density at radius 3 is 2.62 bits per heavy atom. The Kier molecular flexibility index (Phi) is 5.99. The molecule has 5 heteroatoms. The molecular weight excluding hydrogens is 289 g/mol. The highest BCUT2D eigenvalue weighted by molar-refractivity contribution is 5.85. The molecule has 118 valence electrons. The molecular formula is C16H25ClFN3. The van der Waals surface area contributed by atoms with Crippen molar-refractivity contribution in [2.75, 3.05) is 39.3 Å². The summed E-state index contributed by atoms with van der Waals surface area (Å²) in [6.45, 7) is 9.65. The first-order chi connectivity index (χ1) is 9.72. The monoisotopic (exact) mass is 313 g/mol. The molecule has 0 radical (unpaired) electrons. The summed E-state index contributed by atoms with van der Waals surface area (Å²) in [5.41, 5.74) is 1.97. The third-order valence-corrected chi connectivity index (χ3v) is 4.59. The SMILES string of the molecule is Cc1cc(CN2CCN(C3CCNC3)CC2)ccc1F.Cl. The van der Waals surface area contributed by atoms with E-state index in [1.54, 1.807) is 6.07 Å². The molecule has 2 saturated heterocycles. The van der Waals surface area contributed by atoms with Gasteiger partial charge in [0.1, 0.15) is 5.82 Å². The van der Waals surface area contributed by atoms with Crippen molar-refractivity contribution in [2.45, 2.75) is 25.9 Å². The molecule has 2 aliphatic rings. The first kappa shape index (κ1) is 16.7. The zero-order valence-corrected chi connectivity index (χ0v) is 13.5. The van der Waals surface area contributed by atoms with Gasteiger partial charge in [-0.05, 0) is 37.1 Å². The van der Waals surface area contributed by atoms with Gasteiger partial charge < -0.3 is 5.32 Å². The van der Waals surface area contributed by atoms with Crippen molar-refractivity contribution in [1.82, 2.24) is 15.1 Å². The van der Waals surface area contributed by atoms with Crippen LogP contribution >= 0.6 is 12.4 Å². The fraction of sp³-hybridized carbons (Fsp3) is 0.625. The highest BCUT2D eigenvalue weighted by atomic mass is 35.5. The van der Waals surface area contributed by atoms with E-state index < -0.39 is 0 Å². The summed E-state index contributed by atoms with van der Waals surface area (Å²) in [6.07, 6.45) is 1.29. The number of nitrogens with zero attached hydrogens (tertiary/aromatic N) is 2. The van der Waals surface area contributed by atoms with E-state index in [2.05, 4.69) is 15.1 Å². The van der Waals surface area contributed by atoms with Gasteiger partial charge in [0.15, 0.2) is 0 Å². The first-order valence-electron chi connectivity index (χ1n) is 7.64. The van der Waals surface area contributed by atoms with Gasteiger partial charge in [-0.15, -0.1) is 12.4 Å². The molecule has 3 rings (SSSR count). The normalized spacial score (nSPS) is 24.0. The minimum atomic E-state index is -0.104. The molecule has 0 amide bonds. The molecule has 0 saturated carbocycles. The molecule has 0 bridgehead atoms.